The minimum Gasteiger partial charge on any atom is -0.476 e. The van der Waals surface area contributed by atoms with Crippen LogP contribution in [0.25, 0.3) is 0 Å². The third-order valence-corrected chi connectivity index (χ3v) is 4.71. The molecular formula is C19H28N4O4. The average Bonchev–Trinajstić information content (AvgIpc) is 3.50. The highest BCUT2D eigenvalue weighted by molar-refractivity contribution is 5.85. The zero-order valence-electron chi connectivity index (χ0n) is 16.4. The summed E-state index contributed by atoms with van der Waals surface area (Å²) in [4.78, 5) is 34.7. The summed E-state index contributed by atoms with van der Waals surface area (Å²) in [6.45, 7) is 4.34. The molecule has 2 aliphatic carbocycles. The molecule has 0 aliphatic heterocycles. The molecule has 0 aromatic carbocycles. The number of aromatic nitrogens is 2. The maximum atomic E-state index is 12.3. The van der Waals surface area contributed by atoms with Gasteiger partial charge in [0.15, 0.2) is 0 Å². The fourth-order valence-corrected chi connectivity index (χ4v) is 2.68. The van der Waals surface area contributed by atoms with Gasteiger partial charge in [-0.05, 0) is 37.5 Å². The molecule has 2 amide bonds. The van der Waals surface area contributed by atoms with Crippen molar-refractivity contribution < 1.29 is 19.1 Å². The molecule has 2 saturated carbocycles. The minimum atomic E-state index is -0.731. The largest absolute Gasteiger partial charge is 0.476 e. The molecule has 0 radical (unpaired) electrons. The molecule has 8 nitrogen and oxygen atoms in total. The fourth-order valence-electron chi connectivity index (χ4n) is 2.68. The Morgan fingerprint density at radius 2 is 1.96 bits per heavy atom. The Labute approximate surface area is 159 Å². The highest BCUT2D eigenvalue weighted by Crippen LogP contribution is 2.43. The van der Waals surface area contributed by atoms with E-state index in [4.69, 9.17) is 9.47 Å². The molecule has 8 heteroatoms. The zero-order valence-corrected chi connectivity index (χ0v) is 16.4. The Morgan fingerprint density at radius 1 is 1.26 bits per heavy atom. The van der Waals surface area contributed by atoms with Crippen LogP contribution in [-0.2, 0) is 4.79 Å². The van der Waals surface area contributed by atoms with Crippen molar-refractivity contribution in [3.05, 3.63) is 11.9 Å². The van der Waals surface area contributed by atoms with Crippen LogP contribution in [0.4, 0.5) is 4.79 Å². The van der Waals surface area contributed by atoms with E-state index in [-0.39, 0.29) is 17.7 Å². The number of nitrogens with zero attached hydrogens (tertiary/aromatic N) is 3. The van der Waals surface area contributed by atoms with E-state index >= 15 is 0 Å². The Morgan fingerprint density at radius 3 is 2.52 bits per heavy atom. The van der Waals surface area contributed by atoms with Crippen molar-refractivity contribution in [2.24, 2.45) is 11.8 Å². The summed E-state index contributed by atoms with van der Waals surface area (Å²) in [7, 11) is 3.30. The molecule has 3 rings (SSSR count). The van der Waals surface area contributed by atoms with Crippen LogP contribution in [0.1, 0.15) is 51.1 Å². The minimum absolute atomic E-state index is 0.0718. The van der Waals surface area contributed by atoms with Gasteiger partial charge in [0.05, 0.1) is 12.8 Å². The van der Waals surface area contributed by atoms with Gasteiger partial charge in [-0.3, -0.25) is 4.79 Å². The molecule has 0 saturated heterocycles. The van der Waals surface area contributed by atoms with Gasteiger partial charge in [0, 0.05) is 20.0 Å². The molecule has 2 aliphatic rings. The number of carbonyl (C=O) groups is 2. The second-order valence-corrected chi connectivity index (χ2v) is 7.92. The van der Waals surface area contributed by atoms with Gasteiger partial charge in [-0.15, -0.1) is 0 Å². The molecule has 0 bridgehead atoms. The first kappa shape index (κ1) is 19.4. The number of ether oxygens (including phenoxy) is 2. The van der Waals surface area contributed by atoms with E-state index in [9.17, 15) is 9.59 Å². The maximum absolute atomic E-state index is 12.3. The molecule has 1 heterocycles. The van der Waals surface area contributed by atoms with Crippen LogP contribution in [-0.4, -0.2) is 53.6 Å². The quantitative estimate of drug-likeness (QED) is 0.748. The van der Waals surface area contributed by atoms with Gasteiger partial charge < -0.3 is 19.7 Å². The van der Waals surface area contributed by atoms with Crippen LogP contribution in [0, 0.1) is 11.8 Å². The van der Waals surface area contributed by atoms with Gasteiger partial charge >= 0.3 is 6.09 Å². The molecular weight excluding hydrogens is 348 g/mol. The number of nitrogens with one attached hydrogen (secondary N) is 1. The third-order valence-electron chi connectivity index (χ3n) is 4.71. The highest BCUT2D eigenvalue weighted by Gasteiger charge is 2.31. The van der Waals surface area contributed by atoms with E-state index in [1.54, 1.807) is 14.1 Å². The monoisotopic (exact) mass is 376 g/mol. The van der Waals surface area contributed by atoms with Crippen LogP contribution >= 0.6 is 0 Å². The lowest BCUT2D eigenvalue weighted by molar-refractivity contribution is -0.131. The number of amides is 2. The predicted molar refractivity (Wildman–Crippen MR) is 98.7 cm³/mol. The standard InChI is InChI=1S/C19H28N4O4/c1-11(2)15(18(24)23(3)4)22-19(25)27-14-9-20-16(13-7-8-13)17(21-14)26-10-12-5-6-12/h9,11-13,15H,5-8,10H2,1-4H3,(H,22,25). The van der Waals surface area contributed by atoms with Crippen molar-refractivity contribution in [3.8, 4) is 11.8 Å². The molecule has 1 aromatic rings. The average molecular weight is 376 g/mol. The van der Waals surface area contributed by atoms with Crippen LogP contribution in [0.2, 0.25) is 0 Å². The van der Waals surface area contributed by atoms with Crippen LogP contribution in [0.3, 0.4) is 0 Å². The fraction of sp³-hybridized carbons (Fsp3) is 0.684. The van der Waals surface area contributed by atoms with E-state index in [1.807, 2.05) is 13.8 Å². The second-order valence-electron chi connectivity index (χ2n) is 7.92. The molecule has 1 atom stereocenters. The first-order valence-electron chi connectivity index (χ1n) is 9.54. The van der Waals surface area contributed by atoms with Gasteiger partial charge in [-0.2, -0.15) is 4.98 Å². The van der Waals surface area contributed by atoms with Crippen molar-refractivity contribution in [2.45, 2.75) is 51.5 Å². The van der Waals surface area contributed by atoms with E-state index < -0.39 is 12.1 Å². The summed E-state index contributed by atoms with van der Waals surface area (Å²) >= 11 is 0. The number of rotatable bonds is 8. The lowest BCUT2D eigenvalue weighted by atomic mass is 10.0. The van der Waals surface area contributed by atoms with E-state index in [0.29, 0.717) is 24.3 Å². The van der Waals surface area contributed by atoms with Crippen LogP contribution in [0.15, 0.2) is 6.20 Å². The molecule has 2 fully saturated rings. The van der Waals surface area contributed by atoms with Gasteiger partial charge in [0.2, 0.25) is 17.7 Å². The van der Waals surface area contributed by atoms with Gasteiger partial charge in [0.25, 0.3) is 0 Å². The summed E-state index contributed by atoms with van der Waals surface area (Å²) in [5, 5.41) is 2.61. The van der Waals surface area contributed by atoms with Gasteiger partial charge in [0.1, 0.15) is 11.7 Å². The topological polar surface area (TPSA) is 93.6 Å². The second kappa shape index (κ2) is 8.10. The molecule has 27 heavy (non-hydrogen) atoms. The van der Waals surface area contributed by atoms with Gasteiger partial charge in [-0.25, -0.2) is 9.78 Å². The third kappa shape index (κ3) is 5.30. The molecule has 148 valence electrons. The van der Waals surface area contributed by atoms with Crippen molar-refractivity contribution in [1.29, 1.82) is 0 Å². The van der Waals surface area contributed by atoms with Crippen molar-refractivity contribution in [3.63, 3.8) is 0 Å². The number of carbonyl (C=O) groups excluding carboxylic acids is 2. The summed E-state index contributed by atoms with van der Waals surface area (Å²) in [5.74, 6) is 1.24. The summed E-state index contributed by atoms with van der Waals surface area (Å²) < 4.78 is 11.1. The van der Waals surface area contributed by atoms with E-state index in [2.05, 4.69) is 15.3 Å². The number of hydrogen-bond donors (Lipinski definition) is 1. The molecule has 0 spiro atoms. The van der Waals surface area contributed by atoms with E-state index in [1.165, 1.54) is 23.9 Å². The zero-order chi connectivity index (χ0) is 19.6. The van der Waals surface area contributed by atoms with Crippen molar-refractivity contribution >= 4 is 12.0 Å². The van der Waals surface area contributed by atoms with Crippen LogP contribution < -0.4 is 14.8 Å². The van der Waals surface area contributed by atoms with E-state index in [0.717, 1.165) is 18.5 Å². The SMILES string of the molecule is CC(C)C(NC(=O)Oc1cnc(C2CC2)c(OCC2CC2)n1)C(=O)N(C)C. The number of likely N-dealkylation sites (N-methyl/N-ethyl adjacent to an activating group) is 1. The number of hydrogen-bond acceptors (Lipinski definition) is 6. The van der Waals surface area contributed by atoms with Crippen molar-refractivity contribution in [2.75, 3.05) is 20.7 Å². The van der Waals surface area contributed by atoms with Crippen LogP contribution in [0.5, 0.6) is 11.8 Å². The Kier molecular flexibility index (Phi) is 5.82. The Bertz CT molecular complexity index is 699. The summed E-state index contributed by atoms with van der Waals surface area (Å²) in [5.41, 5.74) is 0.839. The predicted octanol–water partition coefficient (Wildman–Crippen LogP) is 2.34. The highest BCUT2D eigenvalue weighted by atomic mass is 16.6. The molecule has 1 N–H and O–H groups in total. The Hall–Kier alpha value is -2.38. The lowest BCUT2D eigenvalue weighted by Gasteiger charge is -2.24. The first-order chi connectivity index (χ1) is 12.8. The molecule has 1 aromatic heterocycles. The summed E-state index contributed by atoms with van der Waals surface area (Å²) in [6.07, 6.45) is 5.23. The normalized spacial score (nSPS) is 17.4. The van der Waals surface area contributed by atoms with Gasteiger partial charge in [-0.1, -0.05) is 13.8 Å². The lowest BCUT2D eigenvalue weighted by Crippen LogP contribution is -2.50. The first-order valence-corrected chi connectivity index (χ1v) is 9.54. The maximum Gasteiger partial charge on any atom is 0.414 e. The summed E-state index contributed by atoms with van der Waals surface area (Å²) in [6, 6.07) is -0.670. The van der Waals surface area contributed by atoms with Crippen molar-refractivity contribution in [1.82, 2.24) is 20.2 Å². The molecule has 1 unspecified atom stereocenters. The Balaban J connectivity index is 1.65. The smallest absolute Gasteiger partial charge is 0.414 e.